The van der Waals surface area contributed by atoms with Gasteiger partial charge in [0.15, 0.2) is 5.82 Å². The average molecular weight is 407 g/mol. The fraction of sp³-hybridized carbons (Fsp3) is 0.125. The van der Waals surface area contributed by atoms with Crippen LogP contribution in [0.1, 0.15) is 21.7 Å². The number of rotatable bonds is 3. The van der Waals surface area contributed by atoms with Crippen LogP contribution in [0.15, 0.2) is 41.1 Å². The van der Waals surface area contributed by atoms with E-state index >= 15 is 0 Å². The van der Waals surface area contributed by atoms with E-state index in [1.54, 1.807) is 28.9 Å². The Balaban J connectivity index is 1.88. The van der Waals surface area contributed by atoms with Crippen molar-refractivity contribution in [3.63, 3.8) is 0 Å². The molecular weight excluding hydrogens is 394 g/mol. The minimum absolute atomic E-state index is 0.348. The second-order valence-electron chi connectivity index (χ2n) is 5.18. The maximum Gasteiger partial charge on any atom is 0.258 e. The highest BCUT2D eigenvalue weighted by Crippen LogP contribution is 2.22. The third kappa shape index (κ3) is 3.47. The predicted octanol–water partition coefficient (Wildman–Crippen LogP) is 3.95. The average Bonchev–Trinajstić information content (AvgIpc) is 2.88. The lowest BCUT2D eigenvalue weighted by Crippen LogP contribution is -2.14. The van der Waals surface area contributed by atoms with Crippen molar-refractivity contribution in [3.05, 3.63) is 63.1 Å². The Kier molecular flexibility index (Phi) is 4.64. The number of nitrogens with zero attached hydrogens (tertiary/aromatic N) is 4. The van der Waals surface area contributed by atoms with E-state index in [1.807, 2.05) is 19.9 Å². The van der Waals surface area contributed by atoms with Gasteiger partial charge < -0.3 is 5.32 Å². The van der Waals surface area contributed by atoms with Gasteiger partial charge in [-0.25, -0.2) is 14.6 Å². The Bertz CT molecular complexity index is 925. The lowest BCUT2D eigenvalue weighted by atomic mass is 10.2. The zero-order valence-electron chi connectivity index (χ0n) is 12.9. The number of carbonyl (C=O) groups is 1. The second-order valence-corrected chi connectivity index (χ2v) is 6.50. The van der Waals surface area contributed by atoms with E-state index in [4.69, 9.17) is 11.6 Å². The van der Waals surface area contributed by atoms with E-state index in [-0.39, 0.29) is 5.91 Å². The second kappa shape index (κ2) is 6.70. The molecule has 1 N–H and O–H groups in total. The molecule has 3 rings (SSSR count). The fourth-order valence-corrected chi connectivity index (χ4v) is 2.81. The van der Waals surface area contributed by atoms with Crippen LogP contribution in [0.3, 0.4) is 0 Å². The first kappa shape index (κ1) is 16.6. The van der Waals surface area contributed by atoms with Crippen molar-refractivity contribution in [2.45, 2.75) is 13.8 Å². The number of halogens is 2. The molecule has 6 nitrogen and oxygen atoms in total. The Hall–Kier alpha value is -2.25. The summed E-state index contributed by atoms with van der Waals surface area (Å²) >= 11 is 9.41. The fourth-order valence-electron chi connectivity index (χ4n) is 2.25. The van der Waals surface area contributed by atoms with Crippen LogP contribution in [-0.4, -0.2) is 25.7 Å². The largest absolute Gasteiger partial charge is 0.306 e. The summed E-state index contributed by atoms with van der Waals surface area (Å²) < 4.78 is 2.46. The minimum atomic E-state index is -0.348. The van der Waals surface area contributed by atoms with Gasteiger partial charge in [0.2, 0.25) is 0 Å². The number of amides is 1. The molecule has 8 heteroatoms. The number of aromatic nitrogens is 4. The molecule has 0 aliphatic carbocycles. The van der Waals surface area contributed by atoms with E-state index in [0.29, 0.717) is 22.2 Å². The lowest BCUT2D eigenvalue weighted by molar-refractivity contribution is 0.102. The van der Waals surface area contributed by atoms with E-state index in [9.17, 15) is 4.79 Å². The van der Waals surface area contributed by atoms with Crippen LogP contribution in [0.4, 0.5) is 5.82 Å². The van der Waals surface area contributed by atoms with Crippen molar-refractivity contribution in [1.29, 1.82) is 0 Å². The van der Waals surface area contributed by atoms with Gasteiger partial charge in [-0.3, -0.25) is 4.79 Å². The SMILES string of the molecule is Cc1cc(C)n(-c2cc(NC(=O)c3cc(Br)ccc3Cl)ncn2)n1. The Morgan fingerprint density at radius 2 is 2.00 bits per heavy atom. The highest BCUT2D eigenvalue weighted by Gasteiger charge is 2.13. The van der Waals surface area contributed by atoms with E-state index in [2.05, 4.69) is 36.3 Å². The summed E-state index contributed by atoms with van der Waals surface area (Å²) in [6, 6.07) is 8.68. The number of nitrogens with one attached hydrogen (secondary N) is 1. The Morgan fingerprint density at radius 3 is 2.71 bits per heavy atom. The van der Waals surface area contributed by atoms with Gasteiger partial charge in [-0.1, -0.05) is 27.5 Å². The highest BCUT2D eigenvalue weighted by molar-refractivity contribution is 9.10. The maximum atomic E-state index is 12.4. The van der Waals surface area contributed by atoms with Crippen molar-refractivity contribution in [1.82, 2.24) is 19.7 Å². The molecule has 0 fully saturated rings. The zero-order chi connectivity index (χ0) is 17.3. The van der Waals surface area contributed by atoms with Gasteiger partial charge in [-0.05, 0) is 38.1 Å². The van der Waals surface area contributed by atoms with Gasteiger partial charge in [0.25, 0.3) is 5.91 Å². The zero-order valence-corrected chi connectivity index (χ0v) is 15.3. The van der Waals surface area contributed by atoms with Gasteiger partial charge in [0, 0.05) is 16.2 Å². The maximum absolute atomic E-state index is 12.4. The van der Waals surface area contributed by atoms with Gasteiger partial charge >= 0.3 is 0 Å². The molecule has 0 aliphatic heterocycles. The summed E-state index contributed by atoms with van der Waals surface area (Å²) in [7, 11) is 0. The molecule has 0 radical (unpaired) electrons. The predicted molar refractivity (Wildman–Crippen MR) is 95.7 cm³/mol. The molecule has 2 heterocycles. The third-order valence-corrected chi connectivity index (χ3v) is 4.12. The summed E-state index contributed by atoms with van der Waals surface area (Å²) in [5, 5.41) is 7.46. The first-order chi connectivity index (χ1) is 11.4. The number of carbonyl (C=O) groups excluding carboxylic acids is 1. The monoisotopic (exact) mass is 405 g/mol. The van der Waals surface area contributed by atoms with E-state index in [0.717, 1.165) is 15.9 Å². The molecule has 0 atom stereocenters. The molecule has 0 bridgehead atoms. The molecule has 122 valence electrons. The Morgan fingerprint density at radius 1 is 1.21 bits per heavy atom. The first-order valence-electron chi connectivity index (χ1n) is 7.06. The summed E-state index contributed by atoms with van der Waals surface area (Å²) in [6.45, 7) is 3.84. The van der Waals surface area contributed by atoms with Crippen LogP contribution in [0.5, 0.6) is 0 Å². The van der Waals surface area contributed by atoms with Crippen molar-refractivity contribution < 1.29 is 4.79 Å². The molecule has 1 amide bonds. The molecule has 0 unspecified atom stereocenters. The lowest BCUT2D eigenvalue weighted by Gasteiger charge is -2.08. The summed E-state index contributed by atoms with van der Waals surface area (Å²) in [4.78, 5) is 20.7. The van der Waals surface area contributed by atoms with Gasteiger partial charge in [-0.2, -0.15) is 5.10 Å². The summed E-state index contributed by atoms with van der Waals surface area (Å²) in [6.07, 6.45) is 1.38. The number of hydrogen-bond donors (Lipinski definition) is 1. The van der Waals surface area contributed by atoms with E-state index < -0.39 is 0 Å². The van der Waals surface area contributed by atoms with Crippen LogP contribution < -0.4 is 5.32 Å². The smallest absolute Gasteiger partial charge is 0.258 e. The van der Waals surface area contributed by atoms with Crippen LogP contribution in [0.25, 0.3) is 5.82 Å². The molecule has 0 saturated carbocycles. The number of aryl methyl sites for hydroxylation is 2. The van der Waals surface area contributed by atoms with Crippen molar-refractivity contribution >= 4 is 39.3 Å². The molecule has 0 spiro atoms. The van der Waals surface area contributed by atoms with Gasteiger partial charge in [-0.15, -0.1) is 0 Å². The van der Waals surface area contributed by atoms with Gasteiger partial charge in [0.05, 0.1) is 16.3 Å². The molecule has 2 aromatic heterocycles. The molecular formula is C16H13BrClN5O. The van der Waals surface area contributed by atoms with Crippen LogP contribution in [0, 0.1) is 13.8 Å². The molecule has 3 aromatic rings. The highest BCUT2D eigenvalue weighted by atomic mass is 79.9. The van der Waals surface area contributed by atoms with Crippen molar-refractivity contribution in [2.75, 3.05) is 5.32 Å². The molecule has 24 heavy (non-hydrogen) atoms. The van der Waals surface area contributed by atoms with Crippen LogP contribution in [-0.2, 0) is 0 Å². The quantitative estimate of drug-likeness (QED) is 0.715. The van der Waals surface area contributed by atoms with E-state index in [1.165, 1.54) is 6.33 Å². The molecule has 0 saturated heterocycles. The molecule has 1 aromatic carbocycles. The first-order valence-corrected chi connectivity index (χ1v) is 8.23. The number of hydrogen-bond acceptors (Lipinski definition) is 4. The number of benzene rings is 1. The summed E-state index contributed by atoms with van der Waals surface area (Å²) in [5.41, 5.74) is 2.19. The topological polar surface area (TPSA) is 72.7 Å². The van der Waals surface area contributed by atoms with Crippen molar-refractivity contribution in [3.8, 4) is 5.82 Å². The van der Waals surface area contributed by atoms with Crippen LogP contribution in [0.2, 0.25) is 5.02 Å². The molecule has 0 aliphatic rings. The van der Waals surface area contributed by atoms with Crippen LogP contribution >= 0.6 is 27.5 Å². The summed E-state index contributed by atoms with van der Waals surface area (Å²) in [5.74, 6) is 0.596. The Labute approximate surface area is 152 Å². The minimum Gasteiger partial charge on any atom is -0.306 e. The standard InChI is InChI=1S/C16H13BrClN5O/c1-9-5-10(2)23(22-9)15-7-14(19-8-20-15)21-16(24)12-6-11(17)3-4-13(12)18/h3-8H,1-2H3,(H,19,20,21,24). The van der Waals surface area contributed by atoms with Crippen molar-refractivity contribution in [2.24, 2.45) is 0 Å². The number of anilines is 1. The third-order valence-electron chi connectivity index (χ3n) is 3.29. The normalized spacial score (nSPS) is 10.7. The van der Waals surface area contributed by atoms with Gasteiger partial charge in [0.1, 0.15) is 12.1 Å².